The van der Waals surface area contributed by atoms with Gasteiger partial charge in [0.2, 0.25) is 5.91 Å². The normalized spacial score (nSPS) is 12.3. The first-order valence-corrected chi connectivity index (χ1v) is 9.28. The molecule has 27 heavy (non-hydrogen) atoms. The van der Waals surface area contributed by atoms with E-state index in [0.29, 0.717) is 23.1 Å². The fourth-order valence-corrected chi connectivity index (χ4v) is 3.41. The molecule has 0 unspecified atom stereocenters. The molecule has 2 aromatic heterocycles. The molecule has 0 aliphatic heterocycles. The van der Waals surface area contributed by atoms with Gasteiger partial charge in [-0.15, -0.1) is 0 Å². The Bertz CT molecular complexity index is 827. The van der Waals surface area contributed by atoms with Crippen LogP contribution in [0.2, 0.25) is 10.0 Å². The SMILES string of the molecule is C[C@@H](NC(=O)CN(Cc1ccco1)Cc1ccco1)c1ccc(Cl)cc1Cl. The maximum Gasteiger partial charge on any atom is 0.234 e. The number of nitrogens with one attached hydrogen (secondary N) is 1. The van der Waals surface area contributed by atoms with Gasteiger partial charge in [0.05, 0.1) is 38.2 Å². The first-order chi connectivity index (χ1) is 13.0. The van der Waals surface area contributed by atoms with Gasteiger partial charge in [-0.3, -0.25) is 9.69 Å². The van der Waals surface area contributed by atoms with E-state index >= 15 is 0 Å². The summed E-state index contributed by atoms with van der Waals surface area (Å²) in [7, 11) is 0. The van der Waals surface area contributed by atoms with Crippen molar-refractivity contribution in [1.29, 1.82) is 0 Å². The number of nitrogens with zero attached hydrogens (tertiary/aromatic N) is 1. The summed E-state index contributed by atoms with van der Waals surface area (Å²) in [6, 6.07) is 12.4. The summed E-state index contributed by atoms with van der Waals surface area (Å²) in [6.07, 6.45) is 3.23. The van der Waals surface area contributed by atoms with Crippen molar-refractivity contribution in [3.8, 4) is 0 Å². The number of rotatable bonds is 8. The lowest BCUT2D eigenvalue weighted by atomic mass is 10.1. The van der Waals surface area contributed by atoms with E-state index in [0.717, 1.165) is 17.1 Å². The molecule has 0 bridgehead atoms. The largest absolute Gasteiger partial charge is 0.468 e. The molecule has 0 spiro atoms. The van der Waals surface area contributed by atoms with Gasteiger partial charge in [0, 0.05) is 10.0 Å². The second-order valence-corrected chi connectivity index (χ2v) is 7.10. The third-order valence-corrected chi connectivity index (χ3v) is 4.66. The van der Waals surface area contributed by atoms with Gasteiger partial charge < -0.3 is 14.2 Å². The second-order valence-electron chi connectivity index (χ2n) is 6.26. The number of amides is 1. The Labute approximate surface area is 167 Å². The molecule has 0 fully saturated rings. The molecule has 0 saturated heterocycles. The smallest absolute Gasteiger partial charge is 0.234 e. The molecule has 3 aromatic rings. The lowest BCUT2D eigenvalue weighted by Crippen LogP contribution is -2.37. The van der Waals surface area contributed by atoms with Crippen LogP contribution < -0.4 is 5.32 Å². The van der Waals surface area contributed by atoms with Gasteiger partial charge in [0.1, 0.15) is 11.5 Å². The van der Waals surface area contributed by atoms with Crippen molar-refractivity contribution in [2.45, 2.75) is 26.1 Å². The summed E-state index contributed by atoms with van der Waals surface area (Å²) in [5.74, 6) is 1.44. The van der Waals surface area contributed by atoms with Crippen LogP contribution in [0.4, 0.5) is 0 Å². The van der Waals surface area contributed by atoms with Crippen molar-refractivity contribution in [2.24, 2.45) is 0 Å². The molecule has 0 aliphatic rings. The molecule has 2 heterocycles. The Hall–Kier alpha value is -2.21. The van der Waals surface area contributed by atoms with E-state index in [1.54, 1.807) is 24.7 Å². The topological polar surface area (TPSA) is 58.6 Å². The van der Waals surface area contributed by atoms with Gasteiger partial charge in [-0.25, -0.2) is 0 Å². The van der Waals surface area contributed by atoms with Crippen LogP contribution in [0, 0.1) is 0 Å². The Morgan fingerprint density at radius 3 is 2.22 bits per heavy atom. The zero-order valence-corrected chi connectivity index (χ0v) is 16.3. The van der Waals surface area contributed by atoms with Crippen LogP contribution in [-0.2, 0) is 17.9 Å². The van der Waals surface area contributed by atoms with Crippen molar-refractivity contribution < 1.29 is 13.6 Å². The summed E-state index contributed by atoms with van der Waals surface area (Å²) >= 11 is 12.2. The quantitative estimate of drug-likeness (QED) is 0.567. The second kappa shape index (κ2) is 9.13. The van der Waals surface area contributed by atoms with Crippen molar-refractivity contribution in [3.05, 3.63) is 82.1 Å². The van der Waals surface area contributed by atoms with Crippen molar-refractivity contribution in [2.75, 3.05) is 6.54 Å². The molecule has 142 valence electrons. The van der Waals surface area contributed by atoms with Crippen LogP contribution in [0.5, 0.6) is 0 Å². The Morgan fingerprint density at radius 1 is 1.07 bits per heavy atom. The monoisotopic (exact) mass is 406 g/mol. The van der Waals surface area contributed by atoms with Crippen molar-refractivity contribution in [1.82, 2.24) is 10.2 Å². The number of furan rings is 2. The molecule has 5 nitrogen and oxygen atoms in total. The summed E-state index contributed by atoms with van der Waals surface area (Å²) in [6.45, 7) is 3.07. The number of halogens is 2. The summed E-state index contributed by atoms with van der Waals surface area (Å²) in [5, 5.41) is 4.06. The Morgan fingerprint density at radius 2 is 1.70 bits per heavy atom. The maximum absolute atomic E-state index is 12.6. The molecular weight excluding hydrogens is 387 g/mol. The molecular formula is C20H20Cl2N2O3. The van der Waals surface area contributed by atoms with Gasteiger partial charge in [-0.2, -0.15) is 0 Å². The minimum atomic E-state index is -0.239. The van der Waals surface area contributed by atoms with E-state index < -0.39 is 0 Å². The number of carbonyl (C=O) groups is 1. The number of carbonyl (C=O) groups excluding carboxylic acids is 1. The van der Waals surface area contributed by atoms with Gasteiger partial charge in [-0.05, 0) is 48.9 Å². The molecule has 1 aromatic carbocycles. The van der Waals surface area contributed by atoms with Gasteiger partial charge >= 0.3 is 0 Å². The van der Waals surface area contributed by atoms with E-state index in [9.17, 15) is 4.79 Å². The summed E-state index contributed by atoms with van der Waals surface area (Å²) < 4.78 is 10.8. The van der Waals surface area contributed by atoms with Crippen LogP contribution in [0.3, 0.4) is 0 Å². The summed E-state index contributed by atoms with van der Waals surface area (Å²) in [4.78, 5) is 14.5. The predicted molar refractivity (Wildman–Crippen MR) is 105 cm³/mol. The highest BCUT2D eigenvalue weighted by atomic mass is 35.5. The fraction of sp³-hybridized carbons (Fsp3) is 0.250. The molecule has 3 rings (SSSR count). The van der Waals surface area contributed by atoms with Crippen LogP contribution >= 0.6 is 23.2 Å². The standard InChI is InChI=1S/C20H20Cl2N2O3/c1-14(18-7-6-15(21)10-19(18)22)23-20(25)13-24(11-16-4-2-8-26-16)12-17-5-3-9-27-17/h2-10,14H,11-13H2,1H3,(H,23,25)/t14-/m1/s1. The molecule has 1 amide bonds. The van der Waals surface area contributed by atoms with Crippen molar-refractivity contribution >= 4 is 29.1 Å². The highest BCUT2D eigenvalue weighted by Crippen LogP contribution is 2.26. The predicted octanol–water partition coefficient (Wildman–Crippen LogP) is 5.06. The van der Waals surface area contributed by atoms with Crippen LogP contribution in [0.1, 0.15) is 30.0 Å². The van der Waals surface area contributed by atoms with Crippen LogP contribution in [0.25, 0.3) is 0 Å². The highest BCUT2D eigenvalue weighted by molar-refractivity contribution is 6.35. The summed E-state index contributed by atoms with van der Waals surface area (Å²) in [5.41, 5.74) is 0.818. The molecule has 0 radical (unpaired) electrons. The van der Waals surface area contributed by atoms with E-state index in [2.05, 4.69) is 5.32 Å². The lowest BCUT2D eigenvalue weighted by molar-refractivity contribution is -0.123. The van der Waals surface area contributed by atoms with E-state index in [1.165, 1.54) is 0 Å². The average molecular weight is 407 g/mol. The van der Waals surface area contributed by atoms with E-state index in [4.69, 9.17) is 32.0 Å². The van der Waals surface area contributed by atoms with Gasteiger partial charge in [-0.1, -0.05) is 29.3 Å². The third kappa shape index (κ3) is 5.63. The van der Waals surface area contributed by atoms with Gasteiger partial charge in [0.15, 0.2) is 0 Å². The van der Waals surface area contributed by atoms with Crippen molar-refractivity contribution in [3.63, 3.8) is 0 Å². The minimum Gasteiger partial charge on any atom is -0.468 e. The Kier molecular flexibility index (Phi) is 6.61. The van der Waals surface area contributed by atoms with Gasteiger partial charge in [0.25, 0.3) is 0 Å². The first kappa shape index (κ1) is 19.5. The maximum atomic E-state index is 12.6. The van der Waals surface area contributed by atoms with E-state index in [-0.39, 0.29) is 18.5 Å². The Balaban J connectivity index is 1.64. The third-order valence-electron chi connectivity index (χ3n) is 4.09. The van der Waals surface area contributed by atoms with Crippen LogP contribution in [-0.4, -0.2) is 17.4 Å². The molecule has 0 saturated carbocycles. The van der Waals surface area contributed by atoms with E-state index in [1.807, 2.05) is 42.2 Å². The molecule has 7 heteroatoms. The minimum absolute atomic E-state index is 0.119. The van der Waals surface area contributed by atoms with Crippen LogP contribution in [0.15, 0.2) is 63.8 Å². The molecule has 0 aliphatic carbocycles. The molecule has 1 atom stereocenters. The number of hydrogen-bond acceptors (Lipinski definition) is 4. The fourth-order valence-electron chi connectivity index (χ4n) is 2.83. The number of hydrogen-bond donors (Lipinski definition) is 1. The zero-order chi connectivity index (χ0) is 19.2. The zero-order valence-electron chi connectivity index (χ0n) is 14.8. The first-order valence-electron chi connectivity index (χ1n) is 8.52. The average Bonchev–Trinajstić information content (AvgIpc) is 3.28. The number of benzene rings is 1. The molecule has 1 N–H and O–H groups in total. The lowest BCUT2D eigenvalue weighted by Gasteiger charge is -2.22. The highest BCUT2D eigenvalue weighted by Gasteiger charge is 2.18.